The Balaban J connectivity index is 1.17. The predicted molar refractivity (Wildman–Crippen MR) is 194 cm³/mol. The Hall–Kier alpha value is -5.84. The SMILES string of the molecule is c1ccc2c(c1)oc1cc3c(cc12)c1ccccc1n3-c1ccc2sc3c(-c4cccc5c4oc4ccccc45)cccc3c2c1. The van der Waals surface area contributed by atoms with Crippen molar-refractivity contribution in [2.45, 2.75) is 0 Å². The van der Waals surface area contributed by atoms with Crippen molar-refractivity contribution in [2.24, 2.45) is 0 Å². The summed E-state index contributed by atoms with van der Waals surface area (Å²) in [5.41, 5.74) is 9.48. The highest BCUT2D eigenvalue weighted by molar-refractivity contribution is 7.26. The summed E-state index contributed by atoms with van der Waals surface area (Å²) >= 11 is 1.85. The Morgan fingerprint density at radius 2 is 1.11 bits per heavy atom. The van der Waals surface area contributed by atoms with Crippen LogP contribution in [0.3, 0.4) is 0 Å². The van der Waals surface area contributed by atoms with E-state index in [0.29, 0.717) is 0 Å². The molecule has 0 atom stereocenters. The molecule has 0 fully saturated rings. The lowest BCUT2D eigenvalue weighted by atomic mass is 10.00. The second-order valence-corrected chi connectivity index (χ2v) is 13.1. The van der Waals surface area contributed by atoms with Crippen LogP contribution >= 0.6 is 11.3 Å². The number of furan rings is 2. The molecule has 0 aliphatic rings. The third kappa shape index (κ3) is 3.21. The van der Waals surface area contributed by atoms with E-state index in [1.165, 1.54) is 42.0 Å². The molecule has 0 N–H and O–H groups in total. The van der Waals surface area contributed by atoms with Crippen molar-refractivity contribution >= 4 is 97.2 Å². The first-order valence-electron chi connectivity index (χ1n) is 15.5. The molecule has 0 radical (unpaired) electrons. The Labute approximate surface area is 266 Å². The Morgan fingerprint density at radius 3 is 1.98 bits per heavy atom. The van der Waals surface area contributed by atoms with E-state index in [1.54, 1.807) is 0 Å². The molecule has 214 valence electrons. The van der Waals surface area contributed by atoms with Crippen LogP contribution in [0, 0.1) is 0 Å². The van der Waals surface area contributed by atoms with Crippen LogP contribution in [-0.4, -0.2) is 4.57 Å². The second-order valence-electron chi connectivity index (χ2n) is 12.1. The predicted octanol–water partition coefficient (Wildman–Crippen LogP) is 12.6. The van der Waals surface area contributed by atoms with Crippen molar-refractivity contribution in [3.05, 3.63) is 140 Å². The van der Waals surface area contributed by atoms with Gasteiger partial charge in [0.25, 0.3) is 0 Å². The lowest BCUT2D eigenvalue weighted by Gasteiger charge is -2.08. The normalized spacial score (nSPS) is 12.3. The van der Waals surface area contributed by atoms with Crippen molar-refractivity contribution in [3.63, 3.8) is 0 Å². The number of nitrogens with zero attached hydrogens (tertiary/aromatic N) is 1. The van der Waals surface area contributed by atoms with Gasteiger partial charge in [-0.1, -0.05) is 91.0 Å². The van der Waals surface area contributed by atoms with Gasteiger partial charge in [-0.15, -0.1) is 11.3 Å². The highest BCUT2D eigenvalue weighted by atomic mass is 32.1. The van der Waals surface area contributed by atoms with E-state index >= 15 is 0 Å². The van der Waals surface area contributed by atoms with Crippen LogP contribution in [0.4, 0.5) is 0 Å². The van der Waals surface area contributed by atoms with Crippen LogP contribution in [-0.2, 0) is 0 Å². The average molecular weight is 606 g/mol. The van der Waals surface area contributed by atoms with E-state index in [0.717, 1.165) is 60.6 Å². The van der Waals surface area contributed by atoms with E-state index in [1.807, 2.05) is 29.5 Å². The number of para-hydroxylation sites is 4. The van der Waals surface area contributed by atoms with E-state index in [-0.39, 0.29) is 0 Å². The maximum atomic E-state index is 6.45. The lowest BCUT2D eigenvalue weighted by Crippen LogP contribution is -1.93. The molecule has 11 rings (SSSR count). The fourth-order valence-corrected chi connectivity index (χ4v) is 8.77. The monoisotopic (exact) mass is 605 g/mol. The number of aromatic nitrogens is 1. The number of thiophene rings is 1. The third-order valence-corrected chi connectivity index (χ3v) is 10.8. The first kappa shape index (κ1) is 24.5. The number of hydrogen-bond donors (Lipinski definition) is 0. The first-order valence-corrected chi connectivity index (χ1v) is 16.3. The van der Waals surface area contributed by atoms with Gasteiger partial charge in [0.05, 0.1) is 11.0 Å². The molecule has 4 aromatic heterocycles. The van der Waals surface area contributed by atoms with Crippen molar-refractivity contribution in [3.8, 4) is 16.8 Å². The van der Waals surface area contributed by atoms with Crippen LogP contribution in [0.1, 0.15) is 0 Å². The molecule has 7 aromatic carbocycles. The smallest absolute Gasteiger partial charge is 0.143 e. The van der Waals surface area contributed by atoms with Gasteiger partial charge in [0.1, 0.15) is 22.3 Å². The Kier molecular flexibility index (Phi) is 4.72. The minimum Gasteiger partial charge on any atom is -0.456 e. The molecule has 0 aliphatic carbocycles. The van der Waals surface area contributed by atoms with Crippen LogP contribution in [0.2, 0.25) is 0 Å². The summed E-state index contributed by atoms with van der Waals surface area (Å²) in [5, 5.41) is 9.58. The van der Waals surface area contributed by atoms with Gasteiger partial charge in [-0.25, -0.2) is 0 Å². The minimum absolute atomic E-state index is 0.907. The fraction of sp³-hybridized carbons (Fsp3) is 0. The van der Waals surface area contributed by atoms with Gasteiger partial charge in [-0.05, 0) is 42.5 Å². The van der Waals surface area contributed by atoms with Crippen molar-refractivity contribution in [1.29, 1.82) is 0 Å². The summed E-state index contributed by atoms with van der Waals surface area (Å²) in [7, 11) is 0. The van der Waals surface area contributed by atoms with E-state index in [2.05, 4.69) is 126 Å². The van der Waals surface area contributed by atoms with Crippen molar-refractivity contribution in [1.82, 2.24) is 4.57 Å². The van der Waals surface area contributed by atoms with Crippen LogP contribution in [0.25, 0.3) is 103 Å². The van der Waals surface area contributed by atoms with Gasteiger partial charge >= 0.3 is 0 Å². The molecule has 0 aliphatic heterocycles. The summed E-state index contributed by atoms with van der Waals surface area (Å²) < 4.78 is 17.7. The van der Waals surface area contributed by atoms with E-state index in [9.17, 15) is 0 Å². The van der Waals surface area contributed by atoms with Crippen molar-refractivity contribution in [2.75, 3.05) is 0 Å². The fourth-order valence-electron chi connectivity index (χ4n) is 7.56. The van der Waals surface area contributed by atoms with Gasteiger partial charge in [0.15, 0.2) is 0 Å². The van der Waals surface area contributed by atoms with E-state index < -0.39 is 0 Å². The van der Waals surface area contributed by atoms with Gasteiger partial charge in [0, 0.05) is 75.4 Å². The molecule has 46 heavy (non-hydrogen) atoms. The molecule has 0 spiro atoms. The summed E-state index contributed by atoms with van der Waals surface area (Å²) in [4.78, 5) is 0. The van der Waals surface area contributed by atoms with Gasteiger partial charge in [-0.3, -0.25) is 0 Å². The molecular weight excluding hydrogens is 583 g/mol. The minimum atomic E-state index is 0.907. The Bertz CT molecular complexity index is 3040. The zero-order valence-electron chi connectivity index (χ0n) is 24.5. The van der Waals surface area contributed by atoms with Gasteiger partial charge in [0.2, 0.25) is 0 Å². The summed E-state index contributed by atoms with van der Waals surface area (Å²) in [5.74, 6) is 0. The maximum Gasteiger partial charge on any atom is 0.143 e. The van der Waals surface area contributed by atoms with Crippen LogP contribution < -0.4 is 0 Å². The van der Waals surface area contributed by atoms with Gasteiger partial charge < -0.3 is 13.4 Å². The molecule has 4 heteroatoms. The van der Waals surface area contributed by atoms with Crippen LogP contribution in [0.15, 0.2) is 148 Å². The molecule has 0 bridgehead atoms. The quantitative estimate of drug-likeness (QED) is 0.196. The number of fused-ring (bicyclic) bond motifs is 12. The Morgan fingerprint density at radius 1 is 0.413 bits per heavy atom. The maximum absolute atomic E-state index is 6.45. The summed E-state index contributed by atoms with van der Waals surface area (Å²) in [6, 6.07) is 49.9. The molecular formula is C42H23NO2S. The number of hydrogen-bond acceptors (Lipinski definition) is 3. The largest absolute Gasteiger partial charge is 0.456 e. The van der Waals surface area contributed by atoms with Crippen LogP contribution in [0.5, 0.6) is 0 Å². The number of benzene rings is 7. The molecule has 0 saturated heterocycles. The molecule has 3 nitrogen and oxygen atoms in total. The summed E-state index contributed by atoms with van der Waals surface area (Å²) in [6.45, 7) is 0. The zero-order valence-corrected chi connectivity index (χ0v) is 25.3. The topological polar surface area (TPSA) is 31.2 Å². The average Bonchev–Trinajstić information content (AvgIpc) is 3.85. The second kappa shape index (κ2) is 8.87. The standard InChI is InChI=1S/C42H23NO2S/c1-4-16-35-25(9-1)32-22-33-27-11-3-5-17-37(27)44-39(33)23-36(32)43(35)24-19-20-40-34(21-24)31-15-8-14-30(42(31)46-40)29-13-7-12-28-26-10-2-6-18-38(26)45-41(28)29/h1-23H. The first-order chi connectivity index (χ1) is 22.8. The summed E-state index contributed by atoms with van der Waals surface area (Å²) in [6.07, 6.45) is 0. The zero-order chi connectivity index (χ0) is 29.9. The molecule has 0 unspecified atom stereocenters. The highest BCUT2D eigenvalue weighted by Gasteiger charge is 2.19. The third-order valence-electron chi connectivity index (χ3n) is 9.60. The molecule has 4 heterocycles. The molecule has 11 aromatic rings. The van der Waals surface area contributed by atoms with Crippen molar-refractivity contribution < 1.29 is 8.83 Å². The molecule has 0 saturated carbocycles. The van der Waals surface area contributed by atoms with Gasteiger partial charge in [-0.2, -0.15) is 0 Å². The molecule has 0 amide bonds. The number of rotatable bonds is 2. The highest BCUT2D eigenvalue weighted by Crippen LogP contribution is 2.45. The van der Waals surface area contributed by atoms with E-state index in [4.69, 9.17) is 8.83 Å². The lowest BCUT2D eigenvalue weighted by molar-refractivity contribution is 0.669.